The van der Waals surface area contributed by atoms with E-state index in [1.165, 1.54) is 24.5 Å². The Kier molecular flexibility index (Phi) is 3.49. The van der Waals surface area contributed by atoms with Crippen molar-refractivity contribution >= 4 is 5.82 Å². The number of hydrogen-bond donors (Lipinski definition) is 2. The van der Waals surface area contributed by atoms with Crippen molar-refractivity contribution in [2.75, 3.05) is 11.9 Å². The molecule has 0 aliphatic carbocycles. The Hall–Kier alpha value is -2.17. The first-order valence-electron chi connectivity index (χ1n) is 5.28. The third-order valence-corrected chi connectivity index (χ3v) is 2.30. The molecule has 4 nitrogen and oxygen atoms in total. The summed E-state index contributed by atoms with van der Waals surface area (Å²) in [6.07, 6.45) is 3.61. The van der Waals surface area contributed by atoms with Crippen LogP contribution >= 0.6 is 0 Å². The number of aromatic nitrogens is 2. The number of nitrogens with zero attached hydrogens (tertiary/aromatic N) is 1. The quantitative estimate of drug-likeness (QED) is 0.842. The van der Waals surface area contributed by atoms with Gasteiger partial charge in [-0.05, 0) is 24.1 Å². The fourth-order valence-corrected chi connectivity index (χ4v) is 1.50. The number of halogens is 1. The van der Waals surface area contributed by atoms with Gasteiger partial charge in [-0.2, -0.15) is 0 Å². The van der Waals surface area contributed by atoms with Crippen LogP contribution in [0.5, 0.6) is 0 Å². The second kappa shape index (κ2) is 5.25. The van der Waals surface area contributed by atoms with Crippen molar-refractivity contribution in [1.29, 1.82) is 0 Å². The van der Waals surface area contributed by atoms with Crippen LogP contribution in [0.15, 0.2) is 41.5 Å². The standard InChI is InChI=1S/C12H12FN3O/c13-10-3-1-2-9(8-10)4-5-14-11-12(17)16-7-6-15-11/h1-3,6-8H,4-5H2,(H,14,15)(H,16,17). The van der Waals surface area contributed by atoms with Gasteiger partial charge in [-0.1, -0.05) is 12.1 Å². The monoisotopic (exact) mass is 233 g/mol. The maximum absolute atomic E-state index is 12.9. The molecule has 0 aliphatic heterocycles. The van der Waals surface area contributed by atoms with Gasteiger partial charge in [-0.15, -0.1) is 0 Å². The second-order valence-electron chi connectivity index (χ2n) is 3.57. The predicted octanol–water partition coefficient (Wildman–Crippen LogP) is 1.56. The van der Waals surface area contributed by atoms with Gasteiger partial charge >= 0.3 is 0 Å². The third-order valence-electron chi connectivity index (χ3n) is 2.30. The molecular weight excluding hydrogens is 221 g/mol. The normalized spacial score (nSPS) is 10.2. The van der Waals surface area contributed by atoms with E-state index in [-0.39, 0.29) is 17.2 Å². The van der Waals surface area contributed by atoms with Crippen LogP contribution in [0.3, 0.4) is 0 Å². The van der Waals surface area contributed by atoms with E-state index < -0.39 is 0 Å². The second-order valence-corrected chi connectivity index (χ2v) is 3.57. The van der Waals surface area contributed by atoms with E-state index in [9.17, 15) is 9.18 Å². The van der Waals surface area contributed by atoms with Gasteiger partial charge in [-0.25, -0.2) is 9.37 Å². The van der Waals surface area contributed by atoms with Gasteiger partial charge in [0, 0.05) is 18.9 Å². The molecule has 2 rings (SSSR count). The molecule has 0 fully saturated rings. The van der Waals surface area contributed by atoms with Crippen LogP contribution in [-0.4, -0.2) is 16.5 Å². The molecule has 5 heteroatoms. The minimum Gasteiger partial charge on any atom is -0.365 e. The Morgan fingerprint density at radius 3 is 3.06 bits per heavy atom. The van der Waals surface area contributed by atoms with E-state index >= 15 is 0 Å². The lowest BCUT2D eigenvalue weighted by molar-refractivity contribution is 0.625. The molecule has 1 heterocycles. The van der Waals surface area contributed by atoms with Crippen LogP contribution in [0.25, 0.3) is 0 Å². The molecule has 0 saturated heterocycles. The highest BCUT2D eigenvalue weighted by atomic mass is 19.1. The zero-order valence-corrected chi connectivity index (χ0v) is 9.11. The highest BCUT2D eigenvalue weighted by Gasteiger charge is 1.99. The van der Waals surface area contributed by atoms with Gasteiger partial charge in [0.1, 0.15) is 5.82 Å². The smallest absolute Gasteiger partial charge is 0.290 e. The molecule has 2 aromatic rings. The predicted molar refractivity (Wildman–Crippen MR) is 63.5 cm³/mol. The zero-order chi connectivity index (χ0) is 12.1. The summed E-state index contributed by atoms with van der Waals surface area (Å²) >= 11 is 0. The fraction of sp³-hybridized carbons (Fsp3) is 0.167. The number of benzene rings is 1. The molecule has 0 unspecified atom stereocenters. The highest BCUT2D eigenvalue weighted by Crippen LogP contribution is 2.04. The lowest BCUT2D eigenvalue weighted by Crippen LogP contribution is -2.17. The minimum absolute atomic E-state index is 0.252. The van der Waals surface area contributed by atoms with Crippen molar-refractivity contribution in [2.45, 2.75) is 6.42 Å². The summed E-state index contributed by atoms with van der Waals surface area (Å²) in [5.41, 5.74) is 0.622. The van der Waals surface area contributed by atoms with E-state index in [2.05, 4.69) is 15.3 Å². The van der Waals surface area contributed by atoms with E-state index in [1.54, 1.807) is 6.07 Å². The molecule has 2 N–H and O–H groups in total. The highest BCUT2D eigenvalue weighted by molar-refractivity contribution is 5.30. The number of aromatic amines is 1. The first-order chi connectivity index (χ1) is 8.25. The van der Waals surface area contributed by atoms with Gasteiger partial charge in [0.15, 0.2) is 5.82 Å². The number of rotatable bonds is 4. The maximum Gasteiger partial charge on any atom is 0.290 e. The van der Waals surface area contributed by atoms with Crippen LogP contribution < -0.4 is 10.9 Å². The lowest BCUT2D eigenvalue weighted by Gasteiger charge is -2.04. The Labute approximate surface area is 97.5 Å². The van der Waals surface area contributed by atoms with Gasteiger partial charge in [0.05, 0.1) is 0 Å². The molecule has 0 spiro atoms. The first-order valence-corrected chi connectivity index (χ1v) is 5.28. The molecule has 1 aromatic carbocycles. The number of nitrogens with one attached hydrogen (secondary N) is 2. The Balaban J connectivity index is 1.92. The molecule has 88 valence electrons. The van der Waals surface area contributed by atoms with Crippen LogP contribution in [0.4, 0.5) is 10.2 Å². The van der Waals surface area contributed by atoms with Crippen molar-refractivity contribution in [2.24, 2.45) is 0 Å². The number of anilines is 1. The number of H-pyrrole nitrogens is 1. The molecule has 0 amide bonds. The summed E-state index contributed by atoms with van der Waals surface area (Å²) in [6.45, 7) is 0.531. The van der Waals surface area contributed by atoms with Gasteiger partial charge in [0.25, 0.3) is 5.56 Å². The first kappa shape index (κ1) is 11.3. The molecular formula is C12H12FN3O. The Morgan fingerprint density at radius 2 is 2.29 bits per heavy atom. The Morgan fingerprint density at radius 1 is 1.41 bits per heavy atom. The SMILES string of the molecule is O=c1[nH]ccnc1NCCc1cccc(F)c1. The van der Waals surface area contributed by atoms with Crippen molar-refractivity contribution in [3.8, 4) is 0 Å². The largest absolute Gasteiger partial charge is 0.365 e. The third kappa shape index (κ3) is 3.14. The van der Waals surface area contributed by atoms with Crippen molar-refractivity contribution in [3.63, 3.8) is 0 Å². The summed E-state index contributed by atoms with van der Waals surface area (Å²) in [4.78, 5) is 17.7. The summed E-state index contributed by atoms with van der Waals surface area (Å²) in [5.74, 6) is 0.0297. The number of hydrogen-bond acceptors (Lipinski definition) is 3. The van der Waals surface area contributed by atoms with E-state index in [0.29, 0.717) is 13.0 Å². The Bertz CT molecular complexity index is 553. The van der Waals surface area contributed by atoms with Crippen LogP contribution in [0.1, 0.15) is 5.56 Å². The van der Waals surface area contributed by atoms with Crippen molar-refractivity contribution < 1.29 is 4.39 Å². The minimum atomic E-state index is -0.258. The van der Waals surface area contributed by atoms with Crippen LogP contribution in [0, 0.1) is 5.82 Å². The van der Waals surface area contributed by atoms with E-state index in [1.807, 2.05) is 6.07 Å². The molecule has 1 aromatic heterocycles. The van der Waals surface area contributed by atoms with Crippen molar-refractivity contribution in [3.05, 3.63) is 58.4 Å². The molecule has 0 saturated carbocycles. The van der Waals surface area contributed by atoms with Crippen molar-refractivity contribution in [1.82, 2.24) is 9.97 Å². The summed E-state index contributed by atoms with van der Waals surface area (Å²) in [7, 11) is 0. The zero-order valence-electron chi connectivity index (χ0n) is 9.11. The maximum atomic E-state index is 12.9. The van der Waals surface area contributed by atoms with Gasteiger partial charge in [-0.3, -0.25) is 4.79 Å². The summed E-state index contributed by atoms with van der Waals surface area (Å²) in [5, 5.41) is 2.90. The molecule has 0 atom stereocenters. The molecule has 0 radical (unpaired) electrons. The van der Waals surface area contributed by atoms with E-state index in [0.717, 1.165) is 5.56 Å². The van der Waals surface area contributed by atoms with Crippen LogP contribution in [-0.2, 0) is 6.42 Å². The van der Waals surface area contributed by atoms with Gasteiger partial charge in [0.2, 0.25) is 0 Å². The average molecular weight is 233 g/mol. The molecule has 17 heavy (non-hydrogen) atoms. The molecule has 0 aliphatic rings. The topological polar surface area (TPSA) is 57.8 Å². The molecule has 0 bridgehead atoms. The summed E-state index contributed by atoms with van der Waals surface area (Å²) in [6, 6.07) is 6.39. The van der Waals surface area contributed by atoms with E-state index in [4.69, 9.17) is 0 Å². The van der Waals surface area contributed by atoms with Gasteiger partial charge < -0.3 is 10.3 Å². The summed E-state index contributed by atoms with van der Waals surface area (Å²) < 4.78 is 12.9. The van der Waals surface area contributed by atoms with Crippen LogP contribution in [0.2, 0.25) is 0 Å². The average Bonchev–Trinajstić information content (AvgIpc) is 2.32. The fourth-order valence-electron chi connectivity index (χ4n) is 1.50. The lowest BCUT2D eigenvalue weighted by atomic mass is 10.1.